The van der Waals surface area contributed by atoms with E-state index in [1.807, 2.05) is 84.9 Å². The summed E-state index contributed by atoms with van der Waals surface area (Å²) in [4.78, 5) is 18.3. The van der Waals surface area contributed by atoms with Crippen LogP contribution in [-0.2, 0) is 6.61 Å². The summed E-state index contributed by atoms with van der Waals surface area (Å²) in [5, 5.41) is 6.00. The minimum absolute atomic E-state index is 0.272. The van der Waals surface area contributed by atoms with Gasteiger partial charge in [0, 0.05) is 9.86 Å². The van der Waals surface area contributed by atoms with Gasteiger partial charge in [-0.05, 0) is 105 Å². The van der Waals surface area contributed by atoms with Crippen LogP contribution in [0.3, 0.4) is 0 Å². The number of hydrogen-bond acceptors (Lipinski definition) is 5. The Kier molecular flexibility index (Phi) is 7.54. The molecule has 0 aliphatic heterocycles. The van der Waals surface area contributed by atoms with Crippen molar-refractivity contribution >= 4 is 89.2 Å². The van der Waals surface area contributed by atoms with Gasteiger partial charge in [-0.15, -0.1) is 0 Å². The smallest absolute Gasteiger partial charge is 0.282 e. The molecular weight excluding hydrogens is 784 g/mol. The van der Waals surface area contributed by atoms with Crippen molar-refractivity contribution in [2.24, 2.45) is 5.10 Å². The van der Waals surface area contributed by atoms with Crippen LogP contribution in [0.4, 0.5) is 0 Å². The van der Waals surface area contributed by atoms with E-state index in [4.69, 9.17) is 14.1 Å². The van der Waals surface area contributed by atoms with Gasteiger partial charge in [-0.2, -0.15) is 9.78 Å². The van der Waals surface area contributed by atoms with Gasteiger partial charge < -0.3 is 9.15 Å². The van der Waals surface area contributed by atoms with Crippen LogP contribution in [-0.4, -0.2) is 15.9 Å². The van der Waals surface area contributed by atoms with E-state index in [1.54, 1.807) is 12.3 Å². The summed E-state index contributed by atoms with van der Waals surface area (Å²) in [5.74, 6) is 1.62. The van der Waals surface area contributed by atoms with E-state index in [0.29, 0.717) is 34.7 Å². The van der Waals surface area contributed by atoms with Gasteiger partial charge in [-0.1, -0.05) is 58.4 Å². The van der Waals surface area contributed by atoms with Crippen LogP contribution in [0.5, 0.6) is 5.75 Å². The first-order chi connectivity index (χ1) is 19.0. The molecule has 6 nitrogen and oxygen atoms in total. The molecule has 39 heavy (non-hydrogen) atoms. The van der Waals surface area contributed by atoms with E-state index < -0.39 is 0 Å². The van der Waals surface area contributed by atoms with E-state index in [-0.39, 0.29) is 5.56 Å². The molecule has 0 amide bonds. The van der Waals surface area contributed by atoms with E-state index >= 15 is 0 Å². The highest BCUT2D eigenvalue weighted by molar-refractivity contribution is 14.1. The third-order valence-electron chi connectivity index (χ3n) is 6.04. The molecule has 0 N–H and O–H groups in total. The van der Waals surface area contributed by atoms with Crippen molar-refractivity contribution in [3.8, 4) is 17.3 Å². The van der Waals surface area contributed by atoms with Crippen LogP contribution < -0.4 is 10.3 Å². The highest BCUT2D eigenvalue weighted by atomic mass is 127. The van der Waals surface area contributed by atoms with Crippen LogP contribution in [0.15, 0.2) is 110 Å². The minimum atomic E-state index is -0.272. The quantitative estimate of drug-likeness (QED) is 0.126. The van der Waals surface area contributed by atoms with Gasteiger partial charge in [0.2, 0.25) is 5.82 Å². The van der Waals surface area contributed by atoms with Gasteiger partial charge in [0.05, 0.1) is 24.3 Å². The number of halogens is 3. The SMILES string of the molecule is O=c1c2ccccc2nc(-c2cc3ccccc3o2)n1N=Cc1cc(I)c(OCc2ccc(Br)cc2)c(I)c1. The number of ether oxygens (including phenoxy) is 1. The zero-order valence-electron chi connectivity index (χ0n) is 20.1. The molecular formula is C30H18BrI2N3O3. The Bertz CT molecular complexity index is 1870. The number of aromatic nitrogens is 2. The Hall–Kier alpha value is -3.03. The van der Waals surface area contributed by atoms with Gasteiger partial charge in [0.25, 0.3) is 5.56 Å². The third-order valence-corrected chi connectivity index (χ3v) is 8.17. The largest absolute Gasteiger partial charge is 0.487 e. The molecule has 0 saturated carbocycles. The number of para-hydroxylation sites is 2. The average Bonchev–Trinajstić information content (AvgIpc) is 3.37. The lowest BCUT2D eigenvalue weighted by Crippen LogP contribution is -2.20. The van der Waals surface area contributed by atoms with Crippen molar-refractivity contribution in [1.29, 1.82) is 0 Å². The maximum absolute atomic E-state index is 13.5. The summed E-state index contributed by atoms with van der Waals surface area (Å²) >= 11 is 7.98. The predicted octanol–water partition coefficient (Wildman–Crippen LogP) is 8.24. The van der Waals surface area contributed by atoms with E-state index in [2.05, 4.69) is 66.2 Å². The first-order valence-corrected chi connectivity index (χ1v) is 14.8. The summed E-state index contributed by atoms with van der Waals surface area (Å²) in [6.45, 7) is 0.464. The first-order valence-electron chi connectivity index (χ1n) is 11.9. The molecule has 0 atom stereocenters. The van der Waals surface area contributed by atoms with Crippen LogP contribution in [0.25, 0.3) is 33.5 Å². The normalized spacial score (nSPS) is 11.6. The fourth-order valence-electron chi connectivity index (χ4n) is 4.13. The minimum Gasteiger partial charge on any atom is -0.487 e. The lowest BCUT2D eigenvalue weighted by atomic mass is 10.2. The molecule has 2 heterocycles. The lowest BCUT2D eigenvalue weighted by molar-refractivity contribution is 0.301. The molecule has 0 spiro atoms. The highest BCUT2D eigenvalue weighted by Gasteiger charge is 2.16. The van der Waals surface area contributed by atoms with Crippen molar-refractivity contribution in [2.45, 2.75) is 6.61 Å². The zero-order valence-corrected chi connectivity index (χ0v) is 26.0. The Morgan fingerprint density at radius 1 is 0.949 bits per heavy atom. The Morgan fingerprint density at radius 3 is 2.44 bits per heavy atom. The van der Waals surface area contributed by atoms with Gasteiger partial charge in [0.15, 0.2) is 5.76 Å². The van der Waals surface area contributed by atoms with Gasteiger partial charge in [-0.3, -0.25) is 4.79 Å². The van der Waals surface area contributed by atoms with E-state index in [9.17, 15) is 4.79 Å². The van der Waals surface area contributed by atoms with Crippen molar-refractivity contribution in [3.63, 3.8) is 0 Å². The monoisotopic (exact) mass is 801 g/mol. The first kappa shape index (κ1) is 26.2. The maximum atomic E-state index is 13.5. The molecule has 2 aromatic heterocycles. The molecule has 0 aliphatic rings. The number of furan rings is 1. The molecule has 6 rings (SSSR count). The van der Waals surface area contributed by atoms with E-state index in [0.717, 1.165) is 33.9 Å². The number of nitrogens with zero attached hydrogens (tertiary/aromatic N) is 3. The molecule has 0 unspecified atom stereocenters. The number of hydrogen-bond donors (Lipinski definition) is 0. The van der Waals surface area contributed by atoms with E-state index in [1.165, 1.54) is 4.68 Å². The molecule has 0 saturated heterocycles. The summed E-state index contributed by atoms with van der Waals surface area (Å²) in [7, 11) is 0. The van der Waals surface area contributed by atoms with Gasteiger partial charge >= 0.3 is 0 Å². The van der Waals surface area contributed by atoms with Crippen molar-refractivity contribution in [1.82, 2.24) is 9.66 Å². The number of benzene rings is 4. The number of fused-ring (bicyclic) bond motifs is 2. The topological polar surface area (TPSA) is 69.6 Å². The maximum Gasteiger partial charge on any atom is 0.282 e. The van der Waals surface area contributed by atoms with Crippen molar-refractivity contribution in [2.75, 3.05) is 0 Å². The summed E-state index contributed by atoms with van der Waals surface area (Å²) in [5.41, 5.74) is 2.94. The molecule has 0 radical (unpaired) electrons. The Morgan fingerprint density at radius 2 is 1.67 bits per heavy atom. The zero-order chi connectivity index (χ0) is 26.9. The van der Waals surface area contributed by atoms with Crippen LogP contribution in [0.2, 0.25) is 0 Å². The van der Waals surface area contributed by atoms with Gasteiger partial charge in [-0.25, -0.2) is 4.98 Å². The fraction of sp³-hybridized carbons (Fsp3) is 0.0333. The molecule has 4 aromatic carbocycles. The molecule has 192 valence electrons. The van der Waals surface area contributed by atoms with Crippen molar-refractivity contribution in [3.05, 3.63) is 124 Å². The number of rotatable bonds is 6. The molecule has 9 heteroatoms. The van der Waals surface area contributed by atoms with Crippen LogP contribution in [0, 0.1) is 7.14 Å². The third kappa shape index (κ3) is 5.52. The standard InChI is InChI=1S/C30H18BrI2N3O3/c31-21-11-9-18(10-12-21)17-38-28-23(32)13-19(14-24(28)33)16-34-36-29(27-15-20-5-1-4-8-26(20)39-27)35-25-7-3-2-6-22(25)30(36)37/h1-16H,17H2. The Labute approximate surface area is 259 Å². The van der Waals surface area contributed by atoms with Crippen molar-refractivity contribution < 1.29 is 9.15 Å². The van der Waals surface area contributed by atoms with Gasteiger partial charge in [0.1, 0.15) is 17.9 Å². The average molecular weight is 802 g/mol. The predicted molar refractivity (Wildman–Crippen MR) is 175 cm³/mol. The highest BCUT2D eigenvalue weighted by Crippen LogP contribution is 2.30. The second-order valence-electron chi connectivity index (χ2n) is 8.69. The molecule has 6 aromatic rings. The lowest BCUT2D eigenvalue weighted by Gasteiger charge is -2.12. The van der Waals surface area contributed by atoms with Crippen LogP contribution >= 0.6 is 61.1 Å². The summed E-state index contributed by atoms with van der Waals surface area (Å²) in [6, 6.07) is 28.8. The summed E-state index contributed by atoms with van der Waals surface area (Å²) < 4.78 is 16.4. The molecule has 0 aliphatic carbocycles. The summed E-state index contributed by atoms with van der Waals surface area (Å²) in [6.07, 6.45) is 1.66. The molecule has 0 bridgehead atoms. The molecule has 0 fully saturated rings. The fourth-order valence-corrected chi connectivity index (χ4v) is 6.53. The Balaban J connectivity index is 1.37. The second kappa shape index (κ2) is 11.2. The second-order valence-corrected chi connectivity index (χ2v) is 11.9. The van der Waals surface area contributed by atoms with Crippen LogP contribution in [0.1, 0.15) is 11.1 Å².